The first kappa shape index (κ1) is 9.57. The fourth-order valence-electron chi connectivity index (χ4n) is 1.52. The molecule has 1 N–H and O–H groups in total. The van der Waals surface area contributed by atoms with Gasteiger partial charge in [0.25, 0.3) is 0 Å². The number of methoxy groups -OCH3 is 1. The monoisotopic (exact) mass is 210 g/mol. The standard InChI is InChI=1S/C9H7FN2O3/c1-15-9(14)7-6-4(10)2-11-3-5(6)12-8(7)13/h2-3,7H,1H3,(H,12,13). The number of halogens is 1. The van der Waals surface area contributed by atoms with Gasteiger partial charge in [0, 0.05) is 5.56 Å². The number of carbonyl (C=O) groups is 2. The lowest BCUT2D eigenvalue weighted by atomic mass is 10.0. The van der Waals surface area contributed by atoms with E-state index in [2.05, 4.69) is 15.0 Å². The van der Waals surface area contributed by atoms with Crippen molar-refractivity contribution in [2.75, 3.05) is 12.4 Å². The molecule has 0 bridgehead atoms. The molecule has 2 rings (SSSR count). The normalized spacial score (nSPS) is 18.3. The number of ether oxygens (including phenoxy) is 1. The minimum absolute atomic E-state index is 0.00171. The number of hydrogen-bond donors (Lipinski definition) is 1. The summed E-state index contributed by atoms with van der Waals surface area (Å²) in [5.41, 5.74) is 0.220. The van der Waals surface area contributed by atoms with Gasteiger partial charge < -0.3 is 10.1 Å². The summed E-state index contributed by atoms with van der Waals surface area (Å²) in [7, 11) is 1.15. The molecule has 0 spiro atoms. The molecule has 1 aliphatic rings. The third-order valence-corrected chi connectivity index (χ3v) is 2.18. The van der Waals surface area contributed by atoms with Gasteiger partial charge in [-0.2, -0.15) is 0 Å². The number of fused-ring (bicyclic) bond motifs is 1. The van der Waals surface area contributed by atoms with Crippen LogP contribution in [0.15, 0.2) is 12.4 Å². The molecule has 0 fully saturated rings. The fraction of sp³-hybridized carbons (Fsp3) is 0.222. The van der Waals surface area contributed by atoms with Crippen molar-refractivity contribution >= 4 is 17.6 Å². The van der Waals surface area contributed by atoms with E-state index in [0.717, 1.165) is 13.3 Å². The first-order valence-electron chi connectivity index (χ1n) is 4.17. The van der Waals surface area contributed by atoms with Crippen LogP contribution < -0.4 is 5.32 Å². The number of pyridine rings is 1. The van der Waals surface area contributed by atoms with E-state index >= 15 is 0 Å². The van der Waals surface area contributed by atoms with E-state index in [9.17, 15) is 14.0 Å². The molecule has 0 saturated carbocycles. The molecule has 1 aromatic heterocycles. The van der Waals surface area contributed by atoms with Gasteiger partial charge in [-0.3, -0.25) is 14.6 Å². The third-order valence-electron chi connectivity index (χ3n) is 2.18. The highest BCUT2D eigenvalue weighted by Gasteiger charge is 2.39. The Morgan fingerprint density at radius 2 is 2.33 bits per heavy atom. The second-order valence-corrected chi connectivity index (χ2v) is 3.03. The van der Waals surface area contributed by atoms with E-state index in [4.69, 9.17) is 0 Å². The molecule has 1 amide bonds. The van der Waals surface area contributed by atoms with Gasteiger partial charge in [-0.05, 0) is 0 Å². The third kappa shape index (κ3) is 1.34. The molecule has 0 aliphatic carbocycles. The smallest absolute Gasteiger partial charge is 0.322 e. The lowest BCUT2D eigenvalue weighted by Gasteiger charge is -2.05. The van der Waals surface area contributed by atoms with Crippen molar-refractivity contribution in [2.45, 2.75) is 5.92 Å². The summed E-state index contributed by atoms with van der Waals surface area (Å²) in [6, 6.07) is 0. The van der Waals surface area contributed by atoms with Crippen LogP contribution in [0, 0.1) is 5.82 Å². The molecule has 78 valence electrons. The molecule has 15 heavy (non-hydrogen) atoms. The molecule has 5 nitrogen and oxygen atoms in total. The lowest BCUT2D eigenvalue weighted by molar-refractivity contribution is -0.144. The number of rotatable bonds is 1. The summed E-state index contributed by atoms with van der Waals surface area (Å²) < 4.78 is 17.8. The molecule has 1 aliphatic heterocycles. The maximum atomic E-state index is 13.3. The molecule has 6 heteroatoms. The Labute approximate surface area is 84.3 Å². The number of esters is 1. The van der Waals surface area contributed by atoms with Gasteiger partial charge in [0.05, 0.1) is 25.2 Å². The van der Waals surface area contributed by atoms with Gasteiger partial charge in [-0.25, -0.2) is 4.39 Å². The van der Waals surface area contributed by atoms with Crippen LogP contribution >= 0.6 is 0 Å². The molecule has 2 heterocycles. The van der Waals surface area contributed by atoms with E-state index in [1.807, 2.05) is 0 Å². The molecule has 1 unspecified atom stereocenters. The van der Waals surface area contributed by atoms with E-state index in [1.54, 1.807) is 0 Å². The van der Waals surface area contributed by atoms with Gasteiger partial charge in [0.1, 0.15) is 5.82 Å². The number of carbonyl (C=O) groups excluding carboxylic acids is 2. The molecule has 0 radical (unpaired) electrons. The molecule has 0 saturated heterocycles. The zero-order valence-electron chi connectivity index (χ0n) is 7.78. The zero-order chi connectivity index (χ0) is 11.0. The van der Waals surface area contributed by atoms with Gasteiger partial charge in [-0.15, -0.1) is 0 Å². The van der Waals surface area contributed by atoms with Crippen molar-refractivity contribution in [1.29, 1.82) is 0 Å². The minimum atomic E-state index is -1.23. The second kappa shape index (κ2) is 3.30. The van der Waals surface area contributed by atoms with Crippen molar-refractivity contribution in [3.63, 3.8) is 0 Å². The van der Waals surface area contributed by atoms with E-state index in [1.165, 1.54) is 6.20 Å². The Morgan fingerprint density at radius 1 is 1.60 bits per heavy atom. The topological polar surface area (TPSA) is 68.3 Å². The van der Waals surface area contributed by atoms with E-state index in [0.29, 0.717) is 0 Å². The SMILES string of the molecule is COC(=O)C1C(=O)Nc2cncc(F)c21. The summed E-state index contributed by atoms with van der Waals surface area (Å²) in [6.07, 6.45) is 2.24. The summed E-state index contributed by atoms with van der Waals surface area (Å²) >= 11 is 0. The summed E-state index contributed by atoms with van der Waals surface area (Å²) in [5.74, 6) is -3.30. The first-order chi connectivity index (χ1) is 7.15. The van der Waals surface area contributed by atoms with Gasteiger partial charge in [0.15, 0.2) is 5.92 Å². The molecule has 1 atom stereocenters. The summed E-state index contributed by atoms with van der Waals surface area (Å²) in [5, 5.41) is 2.36. The van der Waals surface area contributed by atoms with E-state index < -0.39 is 23.6 Å². The summed E-state index contributed by atoms with van der Waals surface area (Å²) in [6.45, 7) is 0. The highest BCUT2D eigenvalue weighted by molar-refractivity contribution is 6.14. The number of anilines is 1. The van der Waals surface area contributed by atoms with Crippen molar-refractivity contribution in [3.05, 3.63) is 23.8 Å². The Kier molecular flexibility index (Phi) is 2.11. The number of nitrogens with one attached hydrogen (secondary N) is 1. The van der Waals surface area contributed by atoms with Crippen molar-refractivity contribution in [3.8, 4) is 0 Å². The second-order valence-electron chi connectivity index (χ2n) is 3.03. The average molecular weight is 210 g/mol. The van der Waals surface area contributed by atoms with Gasteiger partial charge in [0.2, 0.25) is 5.91 Å². The van der Waals surface area contributed by atoms with Gasteiger partial charge >= 0.3 is 5.97 Å². The Morgan fingerprint density at radius 3 is 3.00 bits per heavy atom. The minimum Gasteiger partial charge on any atom is -0.468 e. The average Bonchev–Trinajstić information content (AvgIpc) is 2.55. The number of aromatic nitrogens is 1. The van der Waals surface area contributed by atoms with Crippen LogP contribution in [0.3, 0.4) is 0 Å². The van der Waals surface area contributed by atoms with Crippen LogP contribution in [-0.2, 0) is 14.3 Å². The summed E-state index contributed by atoms with van der Waals surface area (Å²) in [4.78, 5) is 26.2. The largest absolute Gasteiger partial charge is 0.468 e. The van der Waals surface area contributed by atoms with E-state index in [-0.39, 0.29) is 11.3 Å². The van der Waals surface area contributed by atoms with Crippen molar-refractivity contribution in [1.82, 2.24) is 4.98 Å². The van der Waals surface area contributed by atoms with Crippen LogP contribution in [0.5, 0.6) is 0 Å². The first-order valence-corrected chi connectivity index (χ1v) is 4.17. The molecule has 0 aromatic carbocycles. The van der Waals surface area contributed by atoms with Crippen molar-refractivity contribution in [2.24, 2.45) is 0 Å². The van der Waals surface area contributed by atoms with Crippen LogP contribution in [-0.4, -0.2) is 24.0 Å². The van der Waals surface area contributed by atoms with Crippen molar-refractivity contribution < 1.29 is 18.7 Å². The maximum absolute atomic E-state index is 13.3. The zero-order valence-corrected chi connectivity index (χ0v) is 7.78. The Bertz CT molecular complexity index is 439. The number of hydrogen-bond acceptors (Lipinski definition) is 4. The van der Waals surface area contributed by atoms with Crippen LogP contribution in [0.25, 0.3) is 0 Å². The highest BCUT2D eigenvalue weighted by Crippen LogP contribution is 2.34. The van der Waals surface area contributed by atoms with Crippen LogP contribution in [0.4, 0.5) is 10.1 Å². The molecule has 1 aromatic rings. The highest BCUT2D eigenvalue weighted by atomic mass is 19.1. The van der Waals surface area contributed by atoms with Crippen LogP contribution in [0.2, 0.25) is 0 Å². The Balaban J connectivity index is 2.53. The number of amides is 1. The Hall–Kier alpha value is -1.98. The molecular weight excluding hydrogens is 203 g/mol. The number of nitrogens with zero attached hydrogens (tertiary/aromatic N) is 1. The maximum Gasteiger partial charge on any atom is 0.322 e. The fourth-order valence-corrected chi connectivity index (χ4v) is 1.52. The lowest BCUT2D eigenvalue weighted by Crippen LogP contribution is -2.22. The predicted molar refractivity (Wildman–Crippen MR) is 47.6 cm³/mol. The quantitative estimate of drug-likeness (QED) is 0.539. The van der Waals surface area contributed by atoms with Crippen LogP contribution in [0.1, 0.15) is 11.5 Å². The predicted octanol–water partition coefficient (Wildman–Crippen LogP) is 0.429. The molecular formula is C9H7FN2O3. The van der Waals surface area contributed by atoms with Gasteiger partial charge in [-0.1, -0.05) is 0 Å².